The van der Waals surface area contributed by atoms with Gasteiger partial charge in [-0.2, -0.15) is 0 Å². The van der Waals surface area contributed by atoms with Crippen molar-refractivity contribution in [2.24, 2.45) is 0 Å². The summed E-state index contributed by atoms with van der Waals surface area (Å²) < 4.78 is 5.64. The normalized spacial score (nSPS) is 13.1. The van der Waals surface area contributed by atoms with Crippen LogP contribution in [0.15, 0.2) is 43.0 Å². The molecule has 2 atom stereocenters. The minimum absolute atomic E-state index is 0. The van der Waals surface area contributed by atoms with Crippen LogP contribution in [0.5, 0.6) is 0 Å². The van der Waals surface area contributed by atoms with Gasteiger partial charge in [0.1, 0.15) is 6.10 Å². The molecular formula is C18H28INO2. The number of benzene rings is 1. The Kier molecular flexibility index (Phi) is 11.2. The van der Waals surface area contributed by atoms with E-state index in [1.165, 1.54) is 11.6 Å². The zero-order valence-electron chi connectivity index (χ0n) is 13.8. The third kappa shape index (κ3) is 6.08. The fourth-order valence-corrected chi connectivity index (χ4v) is 2.69. The Bertz CT molecular complexity index is 432. The third-order valence-electron chi connectivity index (χ3n) is 3.71. The van der Waals surface area contributed by atoms with Crippen LogP contribution in [0.2, 0.25) is 0 Å². The largest absolute Gasteiger partial charge is 0.457 e. The van der Waals surface area contributed by atoms with Crippen molar-refractivity contribution in [3.8, 4) is 0 Å². The molecular weight excluding hydrogens is 389 g/mol. The molecule has 0 aliphatic rings. The summed E-state index contributed by atoms with van der Waals surface area (Å²) in [5, 5.41) is 0. The first-order valence-electron chi connectivity index (χ1n) is 7.79. The second-order valence-electron chi connectivity index (χ2n) is 5.04. The van der Waals surface area contributed by atoms with Gasteiger partial charge in [0.05, 0.1) is 6.04 Å². The summed E-state index contributed by atoms with van der Waals surface area (Å²) in [6.45, 7) is 11.7. The lowest BCUT2D eigenvalue weighted by atomic mass is 9.96. The zero-order chi connectivity index (χ0) is 15.7. The molecule has 1 aromatic carbocycles. The first kappa shape index (κ1) is 21.1. The van der Waals surface area contributed by atoms with E-state index in [9.17, 15) is 4.79 Å². The first-order chi connectivity index (χ1) is 10.2. The standard InChI is InChI=1S/C18H27NO2.HI/c1-5-12-16(21-17(20)6-2)18(19(7-3)8-4)15-13-10-9-11-14-15;/h6,9-11,13-14,16,18H,2,5,7-8,12H2,1,3-4H3;1H. The molecule has 0 aliphatic heterocycles. The Labute approximate surface area is 151 Å². The molecule has 0 heterocycles. The molecule has 0 aromatic heterocycles. The fourth-order valence-electron chi connectivity index (χ4n) is 2.69. The smallest absolute Gasteiger partial charge is 0.330 e. The van der Waals surface area contributed by atoms with Crippen LogP contribution in [0.4, 0.5) is 0 Å². The number of halogens is 1. The molecule has 0 N–H and O–H groups in total. The van der Waals surface area contributed by atoms with E-state index in [2.05, 4.69) is 44.4 Å². The van der Waals surface area contributed by atoms with Crippen molar-refractivity contribution in [1.29, 1.82) is 0 Å². The molecule has 0 bridgehead atoms. The van der Waals surface area contributed by atoms with Crippen molar-refractivity contribution in [3.63, 3.8) is 0 Å². The molecule has 0 spiro atoms. The first-order valence-corrected chi connectivity index (χ1v) is 7.79. The average molecular weight is 417 g/mol. The lowest BCUT2D eigenvalue weighted by molar-refractivity contribution is -0.147. The molecule has 0 aliphatic carbocycles. The van der Waals surface area contributed by atoms with E-state index in [0.717, 1.165) is 25.9 Å². The van der Waals surface area contributed by atoms with Gasteiger partial charge in [-0.25, -0.2) is 4.79 Å². The highest BCUT2D eigenvalue weighted by molar-refractivity contribution is 14.0. The molecule has 0 radical (unpaired) electrons. The Hall–Kier alpha value is -0.880. The van der Waals surface area contributed by atoms with E-state index < -0.39 is 0 Å². The molecule has 22 heavy (non-hydrogen) atoms. The van der Waals surface area contributed by atoms with Gasteiger partial charge in [0.25, 0.3) is 0 Å². The number of esters is 1. The van der Waals surface area contributed by atoms with Gasteiger partial charge < -0.3 is 4.74 Å². The van der Waals surface area contributed by atoms with Crippen molar-refractivity contribution in [2.75, 3.05) is 13.1 Å². The SMILES string of the molecule is C=CC(=O)OC(CCC)C(c1ccccc1)N(CC)CC.I. The number of carbonyl (C=O) groups is 1. The monoisotopic (exact) mass is 417 g/mol. The number of ether oxygens (including phenoxy) is 1. The summed E-state index contributed by atoms with van der Waals surface area (Å²) in [4.78, 5) is 14.0. The van der Waals surface area contributed by atoms with Crippen molar-refractivity contribution in [3.05, 3.63) is 48.6 Å². The van der Waals surface area contributed by atoms with Crippen molar-refractivity contribution >= 4 is 29.9 Å². The van der Waals surface area contributed by atoms with Gasteiger partial charge in [0, 0.05) is 6.08 Å². The number of nitrogens with zero attached hydrogens (tertiary/aromatic N) is 1. The summed E-state index contributed by atoms with van der Waals surface area (Å²) >= 11 is 0. The van der Waals surface area contributed by atoms with Crippen molar-refractivity contribution < 1.29 is 9.53 Å². The van der Waals surface area contributed by atoms with Gasteiger partial charge in [0.15, 0.2) is 0 Å². The third-order valence-corrected chi connectivity index (χ3v) is 3.71. The summed E-state index contributed by atoms with van der Waals surface area (Å²) in [5.41, 5.74) is 1.19. The lowest BCUT2D eigenvalue weighted by Gasteiger charge is -2.35. The summed E-state index contributed by atoms with van der Waals surface area (Å²) in [5.74, 6) is -0.346. The molecule has 3 nitrogen and oxygen atoms in total. The van der Waals surface area contributed by atoms with Crippen LogP contribution < -0.4 is 0 Å². The number of rotatable bonds is 9. The van der Waals surface area contributed by atoms with E-state index in [0.29, 0.717) is 0 Å². The molecule has 0 amide bonds. The van der Waals surface area contributed by atoms with Gasteiger partial charge in [-0.1, -0.05) is 64.1 Å². The summed E-state index contributed by atoms with van der Waals surface area (Å²) in [6, 6.07) is 10.4. The van der Waals surface area contributed by atoms with Gasteiger partial charge in [-0.3, -0.25) is 4.90 Å². The Balaban J connectivity index is 0.00000441. The maximum atomic E-state index is 11.7. The molecule has 4 heteroatoms. The lowest BCUT2D eigenvalue weighted by Crippen LogP contribution is -2.38. The van der Waals surface area contributed by atoms with Gasteiger partial charge >= 0.3 is 5.97 Å². The summed E-state index contributed by atoms with van der Waals surface area (Å²) in [7, 11) is 0. The van der Waals surface area contributed by atoms with Crippen molar-refractivity contribution in [2.45, 2.75) is 45.8 Å². The minimum atomic E-state index is -0.346. The quantitative estimate of drug-likeness (QED) is 0.335. The van der Waals surface area contributed by atoms with Crippen LogP contribution >= 0.6 is 24.0 Å². The van der Waals surface area contributed by atoms with Crippen LogP contribution in [0.3, 0.4) is 0 Å². The molecule has 124 valence electrons. The predicted molar refractivity (Wildman–Crippen MR) is 103 cm³/mol. The zero-order valence-corrected chi connectivity index (χ0v) is 16.2. The number of hydrogen-bond donors (Lipinski definition) is 0. The topological polar surface area (TPSA) is 29.5 Å². The van der Waals surface area contributed by atoms with E-state index in [4.69, 9.17) is 4.74 Å². The molecule has 0 fully saturated rings. The number of likely N-dealkylation sites (N-methyl/N-ethyl adjacent to an activating group) is 1. The average Bonchev–Trinajstić information content (AvgIpc) is 2.52. The maximum absolute atomic E-state index is 11.7. The second kappa shape index (κ2) is 11.7. The number of carbonyl (C=O) groups excluding carboxylic acids is 1. The van der Waals surface area contributed by atoms with Crippen LogP contribution in [0, 0.1) is 0 Å². The van der Waals surface area contributed by atoms with Crippen LogP contribution in [-0.4, -0.2) is 30.1 Å². The second-order valence-corrected chi connectivity index (χ2v) is 5.04. The Morgan fingerprint density at radius 1 is 1.23 bits per heavy atom. The van der Waals surface area contributed by atoms with Crippen LogP contribution in [0.25, 0.3) is 0 Å². The van der Waals surface area contributed by atoms with E-state index in [1.54, 1.807) is 0 Å². The van der Waals surface area contributed by atoms with Crippen LogP contribution in [-0.2, 0) is 9.53 Å². The summed E-state index contributed by atoms with van der Waals surface area (Å²) in [6.07, 6.45) is 2.91. The van der Waals surface area contributed by atoms with Crippen molar-refractivity contribution in [1.82, 2.24) is 4.90 Å². The Morgan fingerprint density at radius 2 is 1.82 bits per heavy atom. The number of hydrogen-bond acceptors (Lipinski definition) is 3. The highest BCUT2D eigenvalue weighted by Crippen LogP contribution is 2.29. The van der Waals surface area contributed by atoms with E-state index in [-0.39, 0.29) is 42.1 Å². The molecule has 0 saturated heterocycles. The van der Waals surface area contributed by atoms with Crippen LogP contribution in [0.1, 0.15) is 45.2 Å². The molecule has 2 unspecified atom stereocenters. The highest BCUT2D eigenvalue weighted by atomic mass is 127. The Morgan fingerprint density at radius 3 is 2.27 bits per heavy atom. The van der Waals surface area contributed by atoms with E-state index in [1.807, 2.05) is 18.2 Å². The fraction of sp³-hybridized carbons (Fsp3) is 0.500. The minimum Gasteiger partial charge on any atom is -0.457 e. The van der Waals surface area contributed by atoms with E-state index >= 15 is 0 Å². The van der Waals surface area contributed by atoms with Gasteiger partial charge in [-0.05, 0) is 25.1 Å². The highest BCUT2D eigenvalue weighted by Gasteiger charge is 2.29. The molecule has 1 rings (SSSR count). The molecule has 0 saturated carbocycles. The predicted octanol–water partition coefficient (Wildman–Crippen LogP) is 4.59. The van der Waals surface area contributed by atoms with Gasteiger partial charge in [0.2, 0.25) is 0 Å². The maximum Gasteiger partial charge on any atom is 0.330 e. The molecule has 1 aromatic rings. The van der Waals surface area contributed by atoms with Gasteiger partial charge in [-0.15, -0.1) is 24.0 Å².